The lowest BCUT2D eigenvalue weighted by Crippen LogP contribution is -2.10. The summed E-state index contributed by atoms with van der Waals surface area (Å²) in [6.07, 6.45) is 5.14. The second-order valence-corrected chi connectivity index (χ2v) is 4.44. The van der Waals surface area contributed by atoms with Crippen LogP contribution in [-0.2, 0) is 11.3 Å². The number of ether oxygens (including phenoxy) is 2. The quantitative estimate of drug-likeness (QED) is 0.845. The van der Waals surface area contributed by atoms with E-state index in [2.05, 4.69) is 9.97 Å². The van der Waals surface area contributed by atoms with Gasteiger partial charge in [-0.05, 0) is 18.8 Å². The Kier molecular flexibility index (Phi) is 4.14. The van der Waals surface area contributed by atoms with E-state index in [0.717, 1.165) is 6.61 Å². The van der Waals surface area contributed by atoms with E-state index in [4.69, 9.17) is 15.2 Å². The van der Waals surface area contributed by atoms with Gasteiger partial charge in [0, 0.05) is 13.2 Å². The largest absolute Gasteiger partial charge is 0.477 e. The lowest BCUT2D eigenvalue weighted by Gasteiger charge is -2.11. The molecular weight excluding hydrogens is 218 g/mol. The molecule has 94 valence electrons. The normalized spacial score (nSPS) is 16.3. The maximum atomic E-state index is 5.69. The third-order valence-electron chi connectivity index (χ3n) is 2.98. The van der Waals surface area contributed by atoms with Crippen molar-refractivity contribution in [2.45, 2.75) is 32.3 Å². The number of aromatic nitrogens is 2. The zero-order chi connectivity index (χ0) is 12.1. The lowest BCUT2D eigenvalue weighted by atomic mass is 10.1. The van der Waals surface area contributed by atoms with E-state index in [-0.39, 0.29) is 0 Å². The number of hydrogen-bond acceptors (Lipinski definition) is 5. The first-order chi connectivity index (χ1) is 8.28. The van der Waals surface area contributed by atoms with Gasteiger partial charge in [0.2, 0.25) is 5.88 Å². The molecule has 1 aliphatic rings. The maximum absolute atomic E-state index is 5.69. The first-order valence-corrected chi connectivity index (χ1v) is 6.03. The molecular formula is C12H19N3O2. The highest BCUT2D eigenvalue weighted by atomic mass is 16.5. The van der Waals surface area contributed by atoms with Crippen LogP contribution < -0.4 is 10.5 Å². The molecule has 0 atom stereocenters. The van der Waals surface area contributed by atoms with Gasteiger partial charge < -0.3 is 15.2 Å². The van der Waals surface area contributed by atoms with E-state index in [1.54, 1.807) is 13.2 Å². The van der Waals surface area contributed by atoms with Crippen molar-refractivity contribution in [1.82, 2.24) is 9.97 Å². The van der Waals surface area contributed by atoms with Crippen LogP contribution in [0.5, 0.6) is 5.88 Å². The zero-order valence-electron chi connectivity index (χ0n) is 10.2. The van der Waals surface area contributed by atoms with Crippen LogP contribution in [0, 0.1) is 5.92 Å². The SMILES string of the molecule is COCc1nc(N)cc(OCC2CCCC2)n1. The van der Waals surface area contributed by atoms with Gasteiger partial charge in [-0.25, -0.2) is 4.98 Å². The van der Waals surface area contributed by atoms with E-state index in [1.807, 2.05) is 0 Å². The van der Waals surface area contributed by atoms with Crippen molar-refractivity contribution >= 4 is 5.82 Å². The molecule has 0 aliphatic heterocycles. The van der Waals surface area contributed by atoms with Crippen LogP contribution in [0.4, 0.5) is 5.82 Å². The molecule has 5 nitrogen and oxygen atoms in total. The fourth-order valence-corrected chi connectivity index (χ4v) is 2.14. The molecule has 1 aromatic rings. The molecule has 2 rings (SSSR count). The molecule has 2 N–H and O–H groups in total. The van der Waals surface area contributed by atoms with Crippen molar-refractivity contribution in [3.63, 3.8) is 0 Å². The molecule has 0 saturated heterocycles. The molecule has 0 unspecified atom stereocenters. The number of hydrogen-bond donors (Lipinski definition) is 1. The fourth-order valence-electron chi connectivity index (χ4n) is 2.14. The second-order valence-electron chi connectivity index (χ2n) is 4.44. The van der Waals surface area contributed by atoms with Gasteiger partial charge >= 0.3 is 0 Å². The first kappa shape index (κ1) is 12.1. The van der Waals surface area contributed by atoms with Crippen LogP contribution in [0.1, 0.15) is 31.5 Å². The highest BCUT2D eigenvalue weighted by molar-refractivity contribution is 5.32. The molecule has 1 aliphatic carbocycles. The topological polar surface area (TPSA) is 70.3 Å². The van der Waals surface area contributed by atoms with Crippen molar-refractivity contribution in [2.24, 2.45) is 5.92 Å². The summed E-state index contributed by atoms with van der Waals surface area (Å²) in [5.41, 5.74) is 5.69. The number of nitrogens with two attached hydrogens (primary N) is 1. The highest BCUT2D eigenvalue weighted by Crippen LogP contribution is 2.25. The number of nitrogen functional groups attached to an aromatic ring is 1. The van der Waals surface area contributed by atoms with Gasteiger partial charge in [-0.2, -0.15) is 4.98 Å². The average Bonchev–Trinajstić information content (AvgIpc) is 2.79. The van der Waals surface area contributed by atoms with Crippen molar-refractivity contribution in [2.75, 3.05) is 19.5 Å². The van der Waals surface area contributed by atoms with Crippen molar-refractivity contribution in [1.29, 1.82) is 0 Å². The molecule has 1 aromatic heterocycles. The van der Waals surface area contributed by atoms with Gasteiger partial charge in [-0.1, -0.05) is 12.8 Å². The number of anilines is 1. The molecule has 17 heavy (non-hydrogen) atoms. The molecule has 0 aromatic carbocycles. The number of methoxy groups -OCH3 is 1. The zero-order valence-corrected chi connectivity index (χ0v) is 10.2. The maximum Gasteiger partial charge on any atom is 0.218 e. The van der Waals surface area contributed by atoms with Gasteiger partial charge in [-0.3, -0.25) is 0 Å². The van der Waals surface area contributed by atoms with Gasteiger partial charge in [0.05, 0.1) is 6.61 Å². The predicted octanol–water partition coefficient (Wildman–Crippen LogP) is 1.77. The predicted molar refractivity (Wildman–Crippen MR) is 64.6 cm³/mol. The van der Waals surface area contributed by atoms with Crippen molar-refractivity contribution < 1.29 is 9.47 Å². The van der Waals surface area contributed by atoms with E-state index >= 15 is 0 Å². The third-order valence-corrected chi connectivity index (χ3v) is 2.98. The molecule has 0 spiro atoms. The minimum absolute atomic E-state index is 0.352. The standard InChI is InChI=1S/C12H19N3O2/c1-16-8-11-14-10(13)6-12(15-11)17-7-9-4-2-3-5-9/h6,9H,2-5,7-8H2,1H3,(H2,13,14,15). The molecule has 0 bridgehead atoms. The molecule has 5 heteroatoms. The Hall–Kier alpha value is -1.36. The van der Waals surface area contributed by atoms with Crippen LogP contribution in [-0.4, -0.2) is 23.7 Å². The number of nitrogens with zero attached hydrogens (tertiary/aromatic N) is 2. The van der Waals surface area contributed by atoms with E-state index < -0.39 is 0 Å². The first-order valence-electron chi connectivity index (χ1n) is 6.03. The Morgan fingerprint density at radius 1 is 1.35 bits per heavy atom. The minimum atomic E-state index is 0.352. The van der Waals surface area contributed by atoms with E-state index in [1.165, 1.54) is 25.7 Å². The van der Waals surface area contributed by atoms with Gasteiger partial charge in [-0.15, -0.1) is 0 Å². The van der Waals surface area contributed by atoms with Crippen LogP contribution >= 0.6 is 0 Å². The number of rotatable bonds is 5. The molecule has 0 radical (unpaired) electrons. The Balaban J connectivity index is 1.94. The Morgan fingerprint density at radius 3 is 2.82 bits per heavy atom. The summed E-state index contributed by atoms with van der Waals surface area (Å²) in [7, 11) is 1.60. The van der Waals surface area contributed by atoms with Crippen molar-refractivity contribution in [3.05, 3.63) is 11.9 Å². The third kappa shape index (κ3) is 3.56. The van der Waals surface area contributed by atoms with Crippen LogP contribution in [0.25, 0.3) is 0 Å². The molecule has 1 fully saturated rings. The van der Waals surface area contributed by atoms with Gasteiger partial charge in [0.15, 0.2) is 5.82 Å². The van der Waals surface area contributed by atoms with Crippen LogP contribution in [0.15, 0.2) is 6.07 Å². The van der Waals surface area contributed by atoms with Crippen molar-refractivity contribution in [3.8, 4) is 5.88 Å². The summed E-state index contributed by atoms with van der Waals surface area (Å²) >= 11 is 0. The monoisotopic (exact) mass is 237 g/mol. The van der Waals surface area contributed by atoms with Gasteiger partial charge in [0.25, 0.3) is 0 Å². The molecule has 1 saturated carbocycles. The summed E-state index contributed by atoms with van der Waals surface area (Å²) in [4.78, 5) is 8.31. The van der Waals surface area contributed by atoms with Gasteiger partial charge in [0.1, 0.15) is 12.4 Å². The summed E-state index contributed by atoms with van der Waals surface area (Å²) in [5, 5.41) is 0. The summed E-state index contributed by atoms with van der Waals surface area (Å²) in [6, 6.07) is 1.66. The Morgan fingerprint density at radius 2 is 2.12 bits per heavy atom. The Bertz CT molecular complexity index is 365. The minimum Gasteiger partial charge on any atom is -0.477 e. The highest BCUT2D eigenvalue weighted by Gasteiger charge is 2.16. The summed E-state index contributed by atoms with van der Waals surface area (Å²) < 4.78 is 10.7. The van der Waals surface area contributed by atoms with E-state index in [0.29, 0.717) is 30.0 Å². The average molecular weight is 237 g/mol. The van der Waals surface area contributed by atoms with E-state index in [9.17, 15) is 0 Å². The smallest absolute Gasteiger partial charge is 0.218 e. The summed E-state index contributed by atoms with van der Waals surface area (Å²) in [6.45, 7) is 1.08. The second kappa shape index (κ2) is 5.82. The van der Waals surface area contributed by atoms with Crippen LogP contribution in [0.2, 0.25) is 0 Å². The lowest BCUT2D eigenvalue weighted by molar-refractivity contribution is 0.175. The fraction of sp³-hybridized carbons (Fsp3) is 0.667. The van der Waals surface area contributed by atoms with Crippen LogP contribution in [0.3, 0.4) is 0 Å². The summed E-state index contributed by atoms with van der Waals surface area (Å²) in [5.74, 6) is 2.20. The Labute approximate surface area is 101 Å². The molecule has 1 heterocycles. The molecule has 0 amide bonds.